The molecule has 16 heavy (non-hydrogen) atoms. The van der Waals surface area contributed by atoms with Crippen LogP contribution < -0.4 is 0 Å². The molecule has 0 aromatic carbocycles. The molecule has 0 aromatic rings. The molecule has 3 rings (SSSR count). The smallest absolute Gasteiger partial charge is 0.144 e. The van der Waals surface area contributed by atoms with Crippen LogP contribution in [0.4, 0.5) is 0 Å². The predicted octanol–water partition coefficient (Wildman–Crippen LogP) is 3.09. The quantitative estimate of drug-likeness (QED) is 0.629. The highest BCUT2D eigenvalue weighted by Crippen LogP contribution is 2.55. The summed E-state index contributed by atoms with van der Waals surface area (Å²) in [5.74, 6) is 0.906. The maximum Gasteiger partial charge on any atom is 0.144 e. The van der Waals surface area contributed by atoms with Crippen molar-refractivity contribution in [3.8, 4) is 0 Å². The average Bonchev–Trinajstić information content (AvgIpc) is 2.43. The van der Waals surface area contributed by atoms with Gasteiger partial charge in [-0.2, -0.15) is 0 Å². The van der Waals surface area contributed by atoms with Gasteiger partial charge >= 0.3 is 0 Å². The molecule has 2 saturated carbocycles. The van der Waals surface area contributed by atoms with Crippen LogP contribution >= 0.6 is 0 Å². The first-order valence-electron chi connectivity index (χ1n) is 6.76. The van der Waals surface area contributed by atoms with E-state index in [9.17, 15) is 4.79 Å². The molecule has 0 radical (unpaired) electrons. The Balaban J connectivity index is 2.00. The van der Waals surface area contributed by atoms with E-state index in [4.69, 9.17) is 4.74 Å². The molecule has 1 heterocycles. The molecule has 1 aliphatic heterocycles. The first-order chi connectivity index (χ1) is 7.54. The van der Waals surface area contributed by atoms with Crippen molar-refractivity contribution in [1.29, 1.82) is 0 Å². The van der Waals surface area contributed by atoms with Crippen LogP contribution in [0.15, 0.2) is 0 Å². The fourth-order valence-electron chi connectivity index (χ4n) is 4.39. The highest BCUT2D eigenvalue weighted by atomic mass is 16.5. The molecule has 3 atom stereocenters. The number of ether oxygens (including phenoxy) is 1. The first-order valence-corrected chi connectivity index (χ1v) is 6.76. The second-order valence-electron chi connectivity index (χ2n) is 6.58. The molecule has 0 amide bonds. The van der Waals surface area contributed by atoms with E-state index in [-0.39, 0.29) is 17.1 Å². The molecular formula is C14H22O2. The molecule has 2 bridgehead atoms. The molecule has 2 nitrogen and oxygen atoms in total. The van der Waals surface area contributed by atoms with Crippen LogP contribution in [0.5, 0.6) is 0 Å². The van der Waals surface area contributed by atoms with Gasteiger partial charge in [0.2, 0.25) is 0 Å². The predicted molar refractivity (Wildman–Crippen MR) is 62.2 cm³/mol. The van der Waals surface area contributed by atoms with Crippen molar-refractivity contribution < 1.29 is 9.53 Å². The summed E-state index contributed by atoms with van der Waals surface area (Å²) in [7, 11) is 0. The Labute approximate surface area is 97.7 Å². The molecule has 2 heteroatoms. The zero-order chi connectivity index (χ0) is 11.4. The van der Waals surface area contributed by atoms with E-state index in [2.05, 4.69) is 13.8 Å². The number of carbonyl (C=O) groups excluding carboxylic acids is 1. The Morgan fingerprint density at radius 3 is 2.75 bits per heavy atom. The lowest BCUT2D eigenvalue weighted by molar-refractivity contribution is -0.139. The summed E-state index contributed by atoms with van der Waals surface area (Å²) < 4.78 is 6.16. The van der Waals surface area contributed by atoms with Crippen molar-refractivity contribution in [2.24, 2.45) is 11.3 Å². The largest absolute Gasteiger partial charge is 0.371 e. The zero-order valence-corrected chi connectivity index (χ0v) is 10.4. The molecule has 3 fully saturated rings. The van der Waals surface area contributed by atoms with E-state index < -0.39 is 0 Å². The Morgan fingerprint density at radius 1 is 1.19 bits per heavy atom. The number of carbonyl (C=O) groups is 1. The number of ketones is 1. The third-order valence-corrected chi connectivity index (χ3v) is 4.87. The van der Waals surface area contributed by atoms with Gasteiger partial charge in [-0.1, -0.05) is 12.8 Å². The second kappa shape index (κ2) is 3.32. The monoisotopic (exact) mass is 222 g/mol. The van der Waals surface area contributed by atoms with Gasteiger partial charge in [0.15, 0.2) is 0 Å². The van der Waals surface area contributed by atoms with E-state index in [1.165, 1.54) is 12.8 Å². The summed E-state index contributed by atoms with van der Waals surface area (Å²) in [4.78, 5) is 12.6. The van der Waals surface area contributed by atoms with Crippen LogP contribution in [0, 0.1) is 11.3 Å². The van der Waals surface area contributed by atoms with E-state index in [0.717, 1.165) is 32.1 Å². The average molecular weight is 222 g/mol. The lowest BCUT2D eigenvalue weighted by Gasteiger charge is -2.37. The van der Waals surface area contributed by atoms with Gasteiger partial charge in [0, 0.05) is 5.92 Å². The molecular weight excluding hydrogens is 200 g/mol. The van der Waals surface area contributed by atoms with Gasteiger partial charge in [0.05, 0.1) is 17.1 Å². The first kappa shape index (κ1) is 10.8. The maximum atomic E-state index is 12.6. The van der Waals surface area contributed by atoms with Crippen molar-refractivity contribution in [3.05, 3.63) is 0 Å². The van der Waals surface area contributed by atoms with Gasteiger partial charge in [-0.25, -0.2) is 0 Å². The van der Waals surface area contributed by atoms with Crippen LogP contribution in [0.1, 0.15) is 58.8 Å². The van der Waals surface area contributed by atoms with Gasteiger partial charge in [-0.3, -0.25) is 4.79 Å². The van der Waals surface area contributed by atoms with E-state index in [1.54, 1.807) is 0 Å². The van der Waals surface area contributed by atoms with Crippen LogP contribution in [0.3, 0.4) is 0 Å². The summed E-state index contributed by atoms with van der Waals surface area (Å²) in [6, 6.07) is 0. The number of Topliss-reactive ketones (excluding diaryl/α,β-unsaturated/α-hetero) is 1. The topological polar surface area (TPSA) is 26.3 Å². The van der Waals surface area contributed by atoms with Crippen molar-refractivity contribution in [3.63, 3.8) is 0 Å². The fraction of sp³-hybridized carbons (Fsp3) is 0.929. The van der Waals surface area contributed by atoms with Gasteiger partial charge in [-0.15, -0.1) is 0 Å². The highest BCUT2D eigenvalue weighted by molar-refractivity contribution is 5.89. The van der Waals surface area contributed by atoms with E-state index >= 15 is 0 Å². The van der Waals surface area contributed by atoms with Crippen molar-refractivity contribution in [2.45, 2.75) is 70.5 Å². The normalized spacial score (nSPS) is 46.2. The van der Waals surface area contributed by atoms with Gasteiger partial charge < -0.3 is 4.74 Å². The van der Waals surface area contributed by atoms with Crippen LogP contribution in [-0.4, -0.2) is 17.5 Å². The van der Waals surface area contributed by atoms with Crippen molar-refractivity contribution >= 4 is 5.78 Å². The molecule has 0 aromatic heterocycles. The standard InChI is InChI=1S/C14H22O2/c1-13(2)9-14-8-4-6-10(12(14)15)5-3-7-11(14)16-13/h10-11H,3-9H2,1-2H3/t10-,11+,14+/m0/s1. The van der Waals surface area contributed by atoms with Crippen LogP contribution in [0.25, 0.3) is 0 Å². The van der Waals surface area contributed by atoms with Crippen LogP contribution in [0.2, 0.25) is 0 Å². The number of hydrogen-bond acceptors (Lipinski definition) is 2. The molecule has 0 unspecified atom stereocenters. The zero-order valence-electron chi connectivity index (χ0n) is 10.4. The Kier molecular flexibility index (Phi) is 2.23. The Hall–Kier alpha value is -0.370. The fourth-order valence-corrected chi connectivity index (χ4v) is 4.39. The number of hydrogen-bond donors (Lipinski definition) is 0. The number of fused-ring (bicyclic) bond motifs is 1. The van der Waals surface area contributed by atoms with E-state index in [1.807, 2.05) is 0 Å². The maximum absolute atomic E-state index is 12.6. The summed E-state index contributed by atoms with van der Waals surface area (Å²) in [5.41, 5.74) is -0.178. The van der Waals surface area contributed by atoms with Crippen molar-refractivity contribution in [1.82, 2.24) is 0 Å². The summed E-state index contributed by atoms with van der Waals surface area (Å²) in [6.45, 7) is 4.29. The molecule has 2 aliphatic carbocycles. The SMILES string of the molecule is CC1(C)C[C@]23CCC[C@H](CCC[C@H]2O1)C3=O. The lowest BCUT2D eigenvalue weighted by Crippen LogP contribution is -2.43. The highest BCUT2D eigenvalue weighted by Gasteiger charge is 2.59. The third kappa shape index (κ3) is 1.38. The minimum absolute atomic E-state index is 0.0838. The second-order valence-corrected chi connectivity index (χ2v) is 6.58. The lowest BCUT2D eigenvalue weighted by atomic mass is 9.64. The Bertz CT molecular complexity index is 321. The summed E-state index contributed by atoms with van der Waals surface area (Å²) in [6.07, 6.45) is 8.02. The molecule has 3 aliphatic rings. The molecule has 1 spiro atoms. The molecule has 1 saturated heterocycles. The summed E-state index contributed by atoms with van der Waals surface area (Å²) in [5, 5.41) is 0. The third-order valence-electron chi connectivity index (χ3n) is 4.87. The minimum atomic E-state index is -0.0943. The van der Waals surface area contributed by atoms with Gasteiger partial charge in [0.1, 0.15) is 5.78 Å². The Morgan fingerprint density at radius 2 is 1.94 bits per heavy atom. The van der Waals surface area contributed by atoms with Crippen molar-refractivity contribution in [2.75, 3.05) is 0 Å². The van der Waals surface area contributed by atoms with E-state index in [0.29, 0.717) is 11.7 Å². The number of rotatable bonds is 0. The van der Waals surface area contributed by atoms with Gasteiger partial charge in [0.25, 0.3) is 0 Å². The van der Waals surface area contributed by atoms with Crippen LogP contribution in [-0.2, 0) is 9.53 Å². The molecule has 0 N–H and O–H groups in total. The van der Waals surface area contributed by atoms with Gasteiger partial charge in [-0.05, 0) is 46.0 Å². The minimum Gasteiger partial charge on any atom is -0.371 e. The summed E-state index contributed by atoms with van der Waals surface area (Å²) >= 11 is 0. The molecule has 90 valence electrons.